The van der Waals surface area contributed by atoms with E-state index in [1.807, 2.05) is 24.3 Å². The highest BCUT2D eigenvalue weighted by Crippen LogP contribution is 2.52. The number of amides is 1. The molecule has 2 atom stereocenters. The van der Waals surface area contributed by atoms with E-state index in [0.29, 0.717) is 25.4 Å². The second-order valence-electron chi connectivity index (χ2n) is 8.71. The zero-order chi connectivity index (χ0) is 18.9. The number of nitrogens with one attached hydrogen (secondary N) is 1. The van der Waals surface area contributed by atoms with E-state index >= 15 is 0 Å². The third kappa shape index (κ3) is 3.80. The fraction of sp³-hybridized carbons (Fsp3) is 0.565. The molecule has 1 N–H and O–H groups in total. The first-order chi connectivity index (χ1) is 13.0. The number of carbonyl (C=O) groups is 2. The summed E-state index contributed by atoms with van der Waals surface area (Å²) in [5.41, 5.74) is 2.67. The maximum atomic E-state index is 12.4. The number of rotatable bonds is 5. The zero-order valence-corrected chi connectivity index (χ0v) is 16.0. The molecule has 4 rings (SSSR count). The Labute approximate surface area is 161 Å². The molecule has 27 heavy (non-hydrogen) atoms. The lowest BCUT2D eigenvalue weighted by Gasteiger charge is -2.24. The van der Waals surface area contributed by atoms with Gasteiger partial charge in [-0.2, -0.15) is 0 Å². The molecule has 1 unspecified atom stereocenters. The van der Waals surface area contributed by atoms with Crippen molar-refractivity contribution in [2.45, 2.75) is 57.8 Å². The molecule has 3 aliphatic rings. The van der Waals surface area contributed by atoms with Crippen LogP contribution in [0.3, 0.4) is 0 Å². The predicted octanol–water partition coefficient (Wildman–Crippen LogP) is 4.65. The number of carbonyl (C=O) groups excluding carboxylic acids is 2. The monoisotopic (exact) mass is 367 g/mol. The Hall–Kier alpha value is -2.10. The Morgan fingerprint density at radius 2 is 1.93 bits per heavy atom. The van der Waals surface area contributed by atoms with Gasteiger partial charge < -0.3 is 10.1 Å². The highest BCUT2D eigenvalue weighted by molar-refractivity contribution is 5.90. The van der Waals surface area contributed by atoms with Gasteiger partial charge in [-0.15, -0.1) is 0 Å². The number of esters is 1. The number of hydrogen-bond donors (Lipinski definition) is 1. The van der Waals surface area contributed by atoms with Gasteiger partial charge in [0.05, 0.1) is 12.0 Å². The summed E-state index contributed by atoms with van der Waals surface area (Å²) in [6, 6.07) is 7.94. The van der Waals surface area contributed by atoms with Gasteiger partial charge in [0.2, 0.25) is 5.91 Å². The standard InChI is InChI=1S/C23H29NO3/c1-16-11-19-15-27-22(26)23(19,13-16)14-18-7-9-20(10-8-18)24-21(25)12-17-5-3-2-4-6-17/h7-10,17,19H,1-6,11-15H2,(H,24,25)/t19-,23?/m1/s1. The average molecular weight is 367 g/mol. The number of benzene rings is 1. The van der Waals surface area contributed by atoms with Crippen LogP contribution >= 0.6 is 0 Å². The molecular weight excluding hydrogens is 338 g/mol. The van der Waals surface area contributed by atoms with Crippen molar-refractivity contribution >= 4 is 17.6 Å². The Bertz CT molecular complexity index is 732. The minimum absolute atomic E-state index is 0.0731. The summed E-state index contributed by atoms with van der Waals surface area (Å²) in [6.07, 6.45) is 9.11. The number of ether oxygens (including phenoxy) is 1. The summed E-state index contributed by atoms with van der Waals surface area (Å²) < 4.78 is 5.36. The number of anilines is 1. The van der Waals surface area contributed by atoms with Crippen LogP contribution in [0.2, 0.25) is 0 Å². The van der Waals surface area contributed by atoms with E-state index in [0.717, 1.165) is 29.7 Å². The molecule has 1 aliphatic heterocycles. The second kappa shape index (κ2) is 7.49. The quantitative estimate of drug-likeness (QED) is 0.609. The fourth-order valence-corrected chi connectivity index (χ4v) is 5.20. The van der Waals surface area contributed by atoms with Gasteiger partial charge in [-0.3, -0.25) is 9.59 Å². The summed E-state index contributed by atoms with van der Waals surface area (Å²) >= 11 is 0. The average Bonchev–Trinajstić information content (AvgIpc) is 3.12. The predicted molar refractivity (Wildman–Crippen MR) is 105 cm³/mol. The van der Waals surface area contributed by atoms with Crippen molar-refractivity contribution < 1.29 is 14.3 Å². The summed E-state index contributed by atoms with van der Waals surface area (Å²) in [6.45, 7) is 4.62. The summed E-state index contributed by atoms with van der Waals surface area (Å²) in [4.78, 5) is 24.7. The van der Waals surface area contributed by atoms with Gasteiger partial charge in [0, 0.05) is 18.0 Å². The summed E-state index contributed by atoms with van der Waals surface area (Å²) in [7, 11) is 0. The Balaban J connectivity index is 1.37. The lowest BCUT2D eigenvalue weighted by atomic mass is 9.75. The van der Waals surface area contributed by atoms with Crippen molar-refractivity contribution in [3.8, 4) is 0 Å². The summed E-state index contributed by atoms with van der Waals surface area (Å²) in [5, 5.41) is 3.03. The molecule has 1 aromatic carbocycles. The molecule has 0 spiro atoms. The highest BCUT2D eigenvalue weighted by atomic mass is 16.5. The molecule has 4 nitrogen and oxygen atoms in total. The Morgan fingerprint density at radius 1 is 1.19 bits per heavy atom. The van der Waals surface area contributed by atoms with Gasteiger partial charge in [0.15, 0.2) is 0 Å². The van der Waals surface area contributed by atoms with Gasteiger partial charge in [-0.05, 0) is 55.7 Å². The maximum Gasteiger partial charge on any atom is 0.313 e. The smallest absolute Gasteiger partial charge is 0.313 e. The third-order valence-corrected chi connectivity index (χ3v) is 6.66. The fourth-order valence-electron chi connectivity index (χ4n) is 5.20. The largest absolute Gasteiger partial charge is 0.465 e. The van der Waals surface area contributed by atoms with Crippen molar-refractivity contribution in [2.75, 3.05) is 11.9 Å². The van der Waals surface area contributed by atoms with Crippen LogP contribution in [-0.2, 0) is 20.7 Å². The third-order valence-electron chi connectivity index (χ3n) is 6.66. The van der Waals surface area contributed by atoms with Gasteiger partial charge in [-0.1, -0.05) is 43.5 Å². The minimum Gasteiger partial charge on any atom is -0.465 e. The minimum atomic E-state index is -0.428. The van der Waals surface area contributed by atoms with E-state index in [2.05, 4.69) is 11.9 Å². The SMILES string of the molecule is C=C1C[C@@H]2COC(=O)C2(Cc2ccc(NC(=O)CC3CCCCC3)cc2)C1. The first-order valence-corrected chi connectivity index (χ1v) is 10.3. The summed E-state index contributed by atoms with van der Waals surface area (Å²) in [5.74, 6) is 0.834. The number of hydrogen-bond acceptors (Lipinski definition) is 3. The van der Waals surface area contributed by atoms with Crippen LogP contribution < -0.4 is 5.32 Å². The number of fused-ring (bicyclic) bond motifs is 1. The van der Waals surface area contributed by atoms with Gasteiger partial charge in [0.1, 0.15) is 0 Å². The van der Waals surface area contributed by atoms with Crippen molar-refractivity contribution in [1.82, 2.24) is 0 Å². The molecule has 1 aromatic rings. The molecule has 144 valence electrons. The molecule has 2 saturated carbocycles. The van der Waals surface area contributed by atoms with Crippen LogP contribution in [0.1, 0.15) is 56.9 Å². The number of allylic oxidation sites excluding steroid dienone is 1. The van der Waals surface area contributed by atoms with E-state index in [1.54, 1.807) is 0 Å². The topological polar surface area (TPSA) is 55.4 Å². The van der Waals surface area contributed by atoms with Crippen molar-refractivity contribution in [1.29, 1.82) is 0 Å². The van der Waals surface area contributed by atoms with E-state index < -0.39 is 5.41 Å². The molecule has 0 radical (unpaired) electrons. The van der Waals surface area contributed by atoms with Gasteiger partial charge in [-0.25, -0.2) is 0 Å². The van der Waals surface area contributed by atoms with Crippen LogP contribution in [0.25, 0.3) is 0 Å². The molecule has 0 bridgehead atoms. The van der Waals surface area contributed by atoms with Crippen LogP contribution in [0.4, 0.5) is 5.69 Å². The van der Waals surface area contributed by atoms with E-state index in [4.69, 9.17) is 4.74 Å². The highest BCUT2D eigenvalue weighted by Gasteiger charge is 2.55. The number of cyclic esters (lactones) is 1. The van der Waals surface area contributed by atoms with E-state index in [9.17, 15) is 9.59 Å². The van der Waals surface area contributed by atoms with Crippen LogP contribution in [0, 0.1) is 17.3 Å². The van der Waals surface area contributed by atoms with Crippen molar-refractivity contribution in [2.24, 2.45) is 17.3 Å². The molecular formula is C23H29NO3. The molecule has 1 heterocycles. The van der Waals surface area contributed by atoms with Crippen LogP contribution in [0.15, 0.2) is 36.4 Å². The molecule has 3 fully saturated rings. The Kier molecular flexibility index (Phi) is 5.07. The lowest BCUT2D eigenvalue weighted by Crippen LogP contribution is -2.31. The van der Waals surface area contributed by atoms with Gasteiger partial charge >= 0.3 is 5.97 Å². The molecule has 4 heteroatoms. The Morgan fingerprint density at radius 3 is 2.67 bits per heavy atom. The molecule has 1 saturated heterocycles. The second-order valence-corrected chi connectivity index (χ2v) is 8.71. The first-order valence-electron chi connectivity index (χ1n) is 10.3. The molecule has 2 aliphatic carbocycles. The van der Waals surface area contributed by atoms with Crippen molar-refractivity contribution in [3.05, 3.63) is 42.0 Å². The maximum absolute atomic E-state index is 12.4. The lowest BCUT2D eigenvalue weighted by molar-refractivity contribution is -0.146. The van der Waals surface area contributed by atoms with E-state index in [1.165, 1.54) is 32.1 Å². The van der Waals surface area contributed by atoms with Crippen molar-refractivity contribution in [3.63, 3.8) is 0 Å². The zero-order valence-electron chi connectivity index (χ0n) is 16.0. The van der Waals surface area contributed by atoms with Crippen LogP contribution in [-0.4, -0.2) is 18.5 Å². The molecule has 0 aromatic heterocycles. The van der Waals surface area contributed by atoms with E-state index in [-0.39, 0.29) is 17.8 Å². The normalized spacial score (nSPS) is 28.1. The van der Waals surface area contributed by atoms with Gasteiger partial charge in [0.25, 0.3) is 0 Å². The van der Waals surface area contributed by atoms with Crippen LogP contribution in [0.5, 0.6) is 0 Å². The molecule has 1 amide bonds. The first kappa shape index (κ1) is 18.3.